The van der Waals surface area contributed by atoms with E-state index < -0.39 is 0 Å². The summed E-state index contributed by atoms with van der Waals surface area (Å²) >= 11 is 1.39. The van der Waals surface area contributed by atoms with Crippen molar-refractivity contribution in [1.82, 2.24) is 16.0 Å². The van der Waals surface area contributed by atoms with E-state index in [0.717, 1.165) is 24.4 Å². The van der Waals surface area contributed by atoms with Crippen molar-refractivity contribution >= 4 is 23.6 Å². The zero-order valence-electron chi connectivity index (χ0n) is 13.0. The Hall–Kier alpha value is -1.53. The summed E-state index contributed by atoms with van der Waals surface area (Å²) < 4.78 is 0. The fraction of sp³-hybridized carbons (Fsp3) is 0.500. The first-order valence-corrected chi connectivity index (χ1v) is 8.57. The number of hydrogen-bond donors (Lipinski definition) is 3. The van der Waals surface area contributed by atoms with Crippen LogP contribution in [-0.2, 0) is 4.79 Å². The van der Waals surface area contributed by atoms with E-state index in [2.05, 4.69) is 16.0 Å². The van der Waals surface area contributed by atoms with Crippen LogP contribution in [0.5, 0.6) is 0 Å². The second-order valence-electron chi connectivity index (χ2n) is 5.67. The van der Waals surface area contributed by atoms with Gasteiger partial charge in [0.15, 0.2) is 0 Å². The Bertz CT molecular complexity index is 528. The summed E-state index contributed by atoms with van der Waals surface area (Å²) in [5.41, 5.74) is 0.636. The van der Waals surface area contributed by atoms with Gasteiger partial charge in [0, 0.05) is 23.5 Å². The molecule has 3 N–H and O–H groups in total. The monoisotopic (exact) mass is 321 g/mol. The molecule has 5 nitrogen and oxygen atoms in total. The summed E-state index contributed by atoms with van der Waals surface area (Å²) in [6.45, 7) is 5.62. The maximum atomic E-state index is 12.4. The third-order valence-electron chi connectivity index (χ3n) is 3.34. The van der Waals surface area contributed by atoms with Gasteiger partial charge < -0.3 is 16.0 Å². The van der Waals surface area contributed by atoms with Crippen molar-refractivity contribution in [2.24, 2.45) is 0 Å². The Morgan fingerprint density at radius 2 is 2.14 bits per heavy atom. The standard InChI is InChI=1S/C16H23N3O2S/c1-11(2)18-15(20)10-22-14-6-4-3-5-13(14)16(21)19-12-7-8-17-9-12/h3-6,11-12,17H,7-10H2,1-2H3,(H,18,20)(H,19,21). The maximum Gasteiger partial charge on any atom is 0.252 e. The van der Waals surface area contributed by atoms with Crippen LogP contribution in [0, 0.1) is 0 Å². The molecule has 0 bridgehead atoms. The topological polar surface area (TPSA) is 70.2 Å². The lowest BCUT2D eigenvalue weighted by Crippen LogP contribution is -2.36. The third-order valence-corrected chi connectivity index (χ3v) is 4.41. The van der Waals surface area contributed by atoms with Crippen LogP contribution in [0.1, 0.15) is 30.6 Å². The van der Waals surface area contributed by atoms with Crippen LogP contribution in [-0.4, -0.2) is 42.7 Å². The van der Waals surface area contributed by atoms with Crippen LogP contribution in [0.4, 0.5) is 0 Å². The molecule has 1 saturated heterocycles. The first kappa shape index (κ1) is 16.8. The molecule has 1 aromatic carbocycles. The summed E-state index contributed by atoms with van der Waals surface area (Å²) in [5, 5.41) is 9.12. The maximum absolute atomic E-state index is 12.4. The molecule has 1 atom stereocenters. The van der Waals surface area contributed by atoms with Crippen molar-refractivity contribution in [1.29, 1.82) is 0 Å². The van der Waals surface area contributed by atoms with Gasteiger partial charge in [0.05, 0.1) is 11.3 Å². The summed E-state index contributed by atoms with van der Waals surface area (Å²) in [4.78, 5) is 25.0. The Morgan fingerprint density at radius 1 is 1.36 bits per heavy atom. The van der Waals surface area contributed by atoms with E-state index >= 15 is 0 Å². The minimum absolute atomic E-state index is 0.0183. The molecule has 1 aliphatic heterocycles. The molecule has 0 spiro atoms. The minimum Gasteiger partial charge on any atom is -0.353 e. The highest BCUT2D eigenvalue weighted by molar-refractivity contribution is 8.00. The van der Waals surface area contributed by atoms with Gasteiger partial charge in [-0.05, 0) is 38.9 Å². The van der Waals surface area contributed by atoms with Gasteiger partial charge in [0.2, 0.25) is 5.91 Å². The van der Waals surface area contributed by atoms with E-state index in [1.807, 2.05) is 32.0 Å². The molecule has 22 heavy (non-hydrogen) atoms. The van der Waals surface area contributed by atoms with Crippen LogP contribution < -0.4 is 16.0 Å². The first-order valence-electron chi connectivity index (χ1n) is 7.59. The Kier molecular flexibility index (Phi) is 6.27. The smallest absolute Gasteiger partial charge is 0.252 e. The second-order valence-corrected chi connectivity index (χ2v) is 6.69. The molecule has 0 aliphatic carbocycles. The normalized spacial score (nSPS) is 17.5. The molecule has 0 saturated carbocycles. The van der Waals surface area contributed by atoms with Gasteiger partial charge in [-0.25, -0.2) is 0 Å². The predicted molar refractivity (Wildman–Crippen MR) is 89.2 cm³/mol. The van der Waals surface area contributed by atoms with Crippen molar-refractivity contribution < 1.29 is 9.59 Å². The van der Waals surface area contributed by atoms with E-state index in [-0.39, 0.29) is 23.9 Å². The molecule has 0 radical (unpaired) electrons. The number of rotatable bonds is 6. The lowest BCUT2D eigenvalue weighted by Gasteiger charge is -2.14. The molecule has 1 aliphatic rings. The largest absolute Gasteiger partial charge is 0.353 e. The quantitative estimate of drug-likeness (QED) is 0.693. The summed E-state index contributed by atoms with van der Waals surface area (Å²) in [5.74, 6) is 0.226. The fourth-order valence-corrected chi connectivity index (χ4v) is 3.19. The van der Waals surface area contributed by atoms with Gasteiger partial charge in [-0.15, -0.1) is 11.8 Å². The molecule has 2 rings (SSSR count). The first-order chi connectivity index (χ1) is 10.6. The highest BCUT2D eigenvalue weighted by atomic mass is 32.2. The molecular weight excluding hydrogens is 298 g/mol. The van der Waals surface area contributed by atoms with Crippen molar-refractivity contribution in [3.05, 3.63) is 29.8 Å². The van der Waals surface area contributed by atoms with Gasteiger partial charge in [-0.3, -0.25) is 9.59 Å². The highest BCUT2D eigenvalue weighted by Gasteiger charge is 2.19. The lowest BCUT2D eigenvalue weighted by atomic mass is 10.2. The average Bonchev–Trinajstić information content (AvgIpc) is 2.97. The second kappa shape index (κ2) is 8.19. The van der Waals surface area contributed by atoms with E-state index in [1.54, 1.807) is 6.07 Å². The number of carbonyl (C=O) groups excluding carboxylic acids is 2. The summed E-state index contributed by atoms with van der Waals surface area (Å²) in [7, 11) is 0. The van der Waals surface area contributed by atoms with Crippen molar-refractivity contribution in [3.63, 3.8) is 0 Å². The van der Waals surface area contributed by atoms with Crippen molar-refractivity contribution in [2.75, 3.05) is 18.8 Å². The van der Waals surface area contributed by atoms with E-state index in [4.69, 9.17) is 0 Å². The van der Waals surface area contributed by atoms with Gasteiger partial charge in [0.25, 0.3) is 5.91 Å². The van der Waals surface area contributed by atoms with E-state index in [0.29, 0.717) is 11.3 Å². The van der Waals surface area contributed by atoms with Gasteiger partial charge in [-0.2, -0.15) is 0 Å². The van der Waals surface area contributed by atoms with Gasteiger partial charge >= 0.3 is 0 Å². The average molecular weight is 321 g/mol. The van der Waals surface area contributed by atoms with Crippen LogP contribution in [0.15, 0.2) is 29.2 Å². The lowest BCUT2D eigenvalue weighted by molar-refractivity contribution is -0.119. The molecule has 2 amide bonds. The molecule has 1 heterocycles. The fourth-order valence-electron chi connectivity index (χ4n) is 2.33. The van der Waals surface area contributed by atoms with Crippen molar-refractivity contribution in [2.45, 2.75) is 37.2 Å². The number of hydrogen-bond acceptors (Lipinski definition) is 4. The SMILES string of the molecule is CC(C)NC(=O)CSc1ccccc1C(=O)NC1CCNC1. The van der Waals surface area contributed by atoms with Gasteiger partial charge in [0.1, 0.15) is 0 Å². The molecule has 1 fully saturated rings. The number of benzene rings is 1. The van der Waals surface area contributed by atoms with Crippen LogP contribution in [0.3, 0.4) is 0 Å². The van der Waals surface area contributed by atoms with Crippen molar-refractivity contribution in [3.8, 4) is 0 Å². The van der Waals surface area contributed by atoms with E-state index in [1.165, 1.54) is 11.8 Å². The Morgan fingerprint density at radius 3 is 2.82 bits per heavy atom. The van der Waals surface area contributed by atoms with Crippen LogP contribution in [0.25, 0.3) is 0 Å². The number of carbonyl (C=O) groups is 2. The zero-order valence-corrected chi connectivity index (χ0v) is 13.8. The Balaban J connectivity index is 1.96. The summed E-state index contributed by atoms with van der Waals surface area (Å²) in [6, 6.07) is 7.74. The van der Waals surface area contributed by atoms with Crippen LogP contribution >= 0.6 is 11.8 Å². The van der Waals surface area contributed by atoms with Gasteiger partial charge in [-0.1, -0.05) is 12.1 Å². The number of thioether (sulfide) groups is 1. The minimum atomic E-state index is -0.0685. The number of nitrogens with one attached hydrogen (secondary N) is 3. The predicted octanol–water partition coefficient (Wildman–Crippen LogP) is 1.39. The van der Waals surface area contributed by atoms with Crippen LogP contribution in [0.2, 0.25) is 0 Å². The molecule has 1 unspecified atom stereocenters. The highest BCUT2D eigenvalue weighted by Crippen LogP contribution is 2.22. The molecule has 120 valence electrons. The number of amides is 2. The molecule has 0 aromatic heterocycles. The molecule has 1 aromatic rings. The zero-order chi connectivity index (χ0) is 15.9. The Labute approximate surface area is 135 Å². The summed E-state index contributed by atoms with van der Waals surface area (Å²) in [6.07, 6.45) is 0.956. The van der Waals surface area contributed by atoms with E-state index in [9.17, 15) is 9.59 Å². The molecular formula is C16H23N3O2S. The molecule has 6 heteroatoms. The third kappa shape index (κ3) is 5.03.